The summed E-state index contributed by atoms with van der Waals surface area (Å²) in [5.41, 5.74) is -0.275. The zero-order valence-electron chi connectivity index (χ0n) is 21.1. The minimum absolute atomic E-state index is 0.112. The number of aryl methyl sites for hydroxylation is 1. The van der Waals surface area contributed by atoms with E-state index in [1.807, 2.05) is 0 Å². The number of piperazine rings is 1. The van der Waals surface area contributed by atoms with E-state index >= 15 is 0 Å². The second kappa shape index (κ2) is 11.5. The number of unbranched alkanes of at least 4 members (excludes halogenated alkanes) is 1. The van der Waals surface area contributed by atoms with E-state index in [2.05, 4.69) is 14.8 Å². The van der Waals surface area contributed by atoms with Crippen molar-refractivity contribution in [3.63, 3.8) is 0 Å². The third kappa shape index (κ3) is 6.32. The van der Waals surface area contributed by atoms with E-state index in [1.165, 1.54) is 17.9 Å². The van der Waals surface area contributed by atoms with E-state index in [9.17, 15) is 23.1 Å². The fourth-order valence-corrected chi connectivity index (χ4v) is 6.20. The van der Waals surface area contributed by atoms with Gasteiger partial charge in [0.15, 0.2) is 21.0 Å². The van der Waals surface area contributed by atoms with Crippen LogP contribution in [0, 0.1) is 0 Å². The molecule has 2 aromatic heterocycles. The minimum atomic E-state index is -3.30. The predicted molar refractivity (Wildman–Crippen MR) is 142 cm³/mol. The molecule has 1 aromatic carbocycles. The zero-order valence-corrected chi connectivity index (χ0v) is 22.7. The predicted octanol–water partition coefficient (Wildman–Crippen LogP) is 0.320. The number of imidazole rings is 1. The summed E-state index contributed by atoms with van der Waals surface area (Å²) in [6.45, 7) is 4.75. The van der Waals surface area contributed by atoms with E-state index in [0.29, 0.717) is 34.0 Å². The SMILES string of the molecule is Cn1c(=O)c2c(ncn2CC(O)CN2CCN(CCCCS(=O)(=O)c3ccc(Cl)cc3)CC2)n(C)c1=O. The van der Waals surface area contributed by atoms with Crippen molar-refractivity contribution in [3.05, 3.63) is 56.5 Å². The lowest BCUT2D eigenvalue weighted by Crippen LogP contribution is -2.49. The van der Waals surface area contributed by atoms with Gasteiger partial charge in [0, 0.05) is 51.8 Å². The van der Waals surface area contributed by atoms with Crippen molar-refractivity contribution in [1.29, 1.82) is 0 Å². The molecule has 0 bridgehead atoms. The van der Waals surface area contributed by atoms with Gasteiger partial charge in [-0.1, -0.05) is 11.6 Å². The van der Waals surface area contributed by atoms with Crippen LogP contribution in [0.25, 0.3) is 11.2 Å². The van der Waals surface area contributed by atoms with Gasteiger partial charge in [-0.3, -0.25) is 18.8 Å². The number of sulfone groups is 1. The second-order valence-corrected chi connectivity index (χ2v) is 12.1. The molecule has 202 valence electrons. The molecule has 1 fully saturated rings. The maximum Gasteiger partial charge on any atom is 0.332 e. The monoisotopic (exact) mass is 552 g/mol. The van der Waals surface area contributed by atoms with Crippen molar-refractivity contribution in [2.24, 2.45) is 14.1 Å². The second-order valence-electron chi connectivity index (χ2n) is 9.55. The number of β-amino-alcohol motifs (C(OH)–C–C–N with tert-alkyl or cyclic N) is 1. The number of nitrogens with zero attached hydrogens (tertiary/aromatic N) is 6. The minimum Gasteiger partial charge on any atom is -0.390 e. The van der Waals surface area contributed by atoms with Gasteiger partial charge < -0.3 is 14.6 Å². The van der Waals surface area contributed by atoms with Crippen molar-refractivity contribution in [2.75, 3.05) is 45.0 Å². The summed E-state index contributed by atoms with van der Waals surface area (Å²) in [6.07, 6.45) is 2.16. The van der Waals surface area contributed by atoms with Gasteiger partial charge in [-0.15, -0.1) is 0 Å². The summed E-state index contributed by atoms with van der Waals surface area (Å²) >= 11 is 5.84. The van der Waals surface area contributed by atoms with Crippen LogP contribution in [0.5, 0.6) is 0 Å². The average Bonchev–Trinajstić information content (AvgIpc) is 3.28. The molecule has 3 aromatic rings. The van der Waals surface area contributed by atoms with E-state index in [-0.39, 0.29) is 12.3 Å². The van der Waals surface area contributed by atoms with E-state index in [0.717, 1.165) is 43.7 Å². The van der Waals surface area contributed by atoms with Gasteiger partial charge in [0.05, 0.1) is 29.6 Å². The first-order chi connectivity index (χ1) is 17.6. The number of aromatic nitrogens is 4. The number of fused-ring (bicyclic) bond motifs is 1. The Morgan fingerprint density at radius 1 is 0.973 bits per heavy atom. The summed E-state index contributed by atoms with van der Waals surface area (Å²) in [4.78, 5) is 33.7. The fourth-order valence-electron chi connectivity index (χ4n) is 4.70. The van der Waals surface area contributed by atoms with Crippen LogP contribution < -0.4 is 11.2 Å². The average molecular weight is 553 g/mol. The number of aliphatic hydroxyl groups excluding tert-OH is 1. The van der Waals surface area contributed by atoms with Gasteiger partial charge in [-0.05, 0) is 43.7 Å². The van der Waals surface area contributed by atoms with E-state index in [1.54, 1.807) is 35.9 Å². The highest BCUT2D eigenvalue weighted by molar-refractivity contribution is 7.91. The van der Waals surface area contributed by atoms with E-state index in [4.69, 9.17) is 11.6 Å². The molecule has 1 N–H and O–H groups in total. The van der Waals surface area contributed by atoms with Gasteiger partial charge in [0.2, 0.25) is 0 Å². The Bertz CT molecular complexity index is 1460. The van der Waals surface area contributed by atoms with Crippen LogP contribution in [-0.4, -0.2) is 93.1 Å². The lowest BCUT2D eigenvalue weighted by molar-refractivity contribution is 0.0646. The lowest BCUT2D eigenvalue weighted by Gasteiger charge is -2.35. The molecule has 1 atom stereocenters. The van der Waals surface area contributed by atoms with Gasteiger partial charge in [-0.25, -0.2) is 18.2 Å². The quantitative estimate of drug-likeness (QED) is 0.357. The van der Waals surface area contributed by atoms with Crippen LogP contribution in [-0.2, 0) is 30.5 Å². The number of hydrogen-bond acceptors (Lipinski definition) is 8. The van der Waals surface area contributed by atoms with E-state index < -0.39 is 27.2 Å². The summed E-state index contributed by atoms with van der Waals surface area (Å²) in [5.74, 6) is 0.112. The molecule has 1 aliphatic rings. The maximum atomic E-state index is 12.6. The van der Waals surface area contributed by atoms with Crippen molar-refractivity contribution < 1.29 is 13.5 Å². The Hall–Kier alpha value is -2.51. The van der Waals surface area contributed by atoms with Crippen molar-refractivity contribution in [1.82, 2.24) is 28.5 Å². The molecule has 11 nitrogen and oxygen atoms in total. The first-order valence-electron chi connectivity index (χ1n) is 12.3. The molecule has 13 heteroatoms. The third-order valence-electron chi connectivity index (χ3n) is 6.87. The Balaban J connectivity index is 1.21. The molecule has 3 heterocycles. The van der Waals surface area contributed by atoms with Gasteiger partial charge >= 0.3 is 5.69 Å². The van der Waals surface area contributed by atoms with Crippen LogP contribution in [0.3, 0.4) is 0 Å². The molecular formula is C24H33ClN6O5S. The topological polar surface area (TPSA) is 123 Å². The van der Waals surface area contributed by atoms with Gasteiger partial charge in [0.1, 0.15) is 0 Å². The molecular weight excluding hydrogens is 520 g/mol. The molecule has 0 aliphatic carbocycles. The molecule has 0 saturated carbocycles. The summed E-state index contributed by atoms with van der Waals surface area (Å²) in [7, 11) is -0.313. The van der Waals surface area contributed by atoms with Crippen molar-refractivity contribution in [2.45, 2.75) is 30.4 Å². The van der Waals surface area contributed by atoms with Crippen molar-refractivity contribution >= 4 is 32.6 Å². The Morgan fingerprint density at radius 2 is 1.62 bits per heavy atom. The summed E-state index contributed by atoms with van der Waals surface area (Å²) < 4.78 is 28.9. The maximum absolute atomic E-state index is 12.6. The van der Waals surface area contributed by atoms with Crippen LogP contribution in [0.1, 0.15) is 12.8 Å². The summed E-state index contributed by atoms with van der Waals surface area (Å²) in [5, 5.41) is 11.2. The van der Waals surface area contributed by atoms with Gasteiger partial charge in [-0.2, -0.15) is 0 Å². The molecule has 0 amide bonds. The van der Waals surface area contributed by atoms with Crippen LogP contribution in [0.2, 0.25) is 5.02 Å². The van der Waals surface area contributed by atoms with Crippen LogP contribution >= 0.6 is 11.6 Å². The number of benzene rings is 1. The lowest BCUT2D eigenvalue weighted by atomic mass is 10.2. The smallest absolute Gasteiger partial charge is 0.332 e. The highest BCUT2D eigenvalue weighted by Crippen LogP contribution is 2.17. The Labute approximate surface area is 220 Å². The third-order valence-corrected chi connectivity index (χ3v) is 8.94. The molecule has 1 aliphatic heterocycles. The normalized spacial score (nSPS) is 16.4. The molecule has 0 radical (unpaired) electrons. The standard InChI is InChI=1S/C24H33ClN6O5S/c1-27-22-21(23(33)28(2)24(27)34)31(17-26-22)16-19(32)15-30-12-10-29(11-13-30)9-3-4-14-37(35,36)20-7-5-18(25)6-8-20/h5-8,17,19,32H,3-4,9-16H2,1-2H3. The number of rotatable bonds is 10. The molecule has 0 spiro atoms. The van der Waals surface area contributed by atoms with Crippen LogP contribution in [0.4, 0.5) is 0 Å². The Kier molecular flexibility index (Phi) is 8.54. The Morgan fingerprint density at radius 3 is 2.30 bits per heavy atom. The summed E-state index contributed by atoms with van der Waals surface area (Å²) in [6, 6.07) is 6.27. The number of halogens is 1. The van der Waals surface area contributed by atoms with Crippen LogP contribution in [0.15, 0.2) is 45.1 Å². The van der Waals surface area contributed by atoms with Gasteiger partial charge in [0.25, 0.3) is 5.56 Å². The largest absolute Gasteiger partial charge is 0.390 e. The van der Waals surface area contributed by atoms with Crippen molar-refractivity contribution in [3.8, 4) is 0 Å². The highest BCUT2D eigenvalue weighted by Gasteiger charge is 2.21. The highest BCUT2D eigenvalue weighted by atomic mass is 35.5. The fraction of sp³-hybridized carbons (Fsp3) is 0.542. The number of aliphatic hydroxyl groups is 1. The molecule has 1 unspecified atom stereocenters. The first-order valence-corrected chi connectivity index (χ1v) is 14.3. The molecule has 4 rings (SSSR count). The molecule has 37 heavy (non-hydrogen) atoms. The first kappa shape index (κ1) is 27.5. The zero-order chi connectivity index (χ0) is 26.7. The number of hydrogen-bond donors (Lipinski definition) is 1. The molecule has 1 saturated heterocycles.